The molecule has 3 aliphatic heterocycles. The minimum Gasteiger partial charge on any atom is -0.444 e. The second-order valence-electron chi connectivity index (χ2n) is 19.6. The van der Waals surface area contributed by atoms with Crippen LogP contribution in [0.2, 0.25) is 0 Å². The number of hydrogen-bond acceptors (Lipinski definition) is 11. The van der Waals surface area contributed by atoms with E-state index in [2.05, 4.69) is 20.5 Å². The fourth-order valence-corrected chi connectivity index (χ4v) is 8.42. The van der Waals surface area contributed by atoms with E-state index in [1.54, 1.807) is 18.4 Å². The predicted molar refractivity (Wildman–Crippen MR) is 243 cm³/mol. The maximum Gasteiger partial charge on any atom is 0.410 e. The zero-order chi connectivity index (χ0) is 45.4. The first kappa shape index (κ1) is 51.6. The van der Waals surface area contributed by atoms with Crippen LogP contribution >= 0.6 is 11.3 Å². The van der Waals surface area contributed by atoms with Gasteiger partial charge in [0.2, 0.25) is 12.3 Å². The molecule has 1 aromatic heterocycles. The molecule has 3 amide bonds. The number of aliphatic hydroxyl groups is 1. The summed E-state index contributed by atoms with van der Waals surface area (Å²) in [6.45, 7) is 20.7. The fraction of sp³-hybridized carbons (Fsp3) is 0.702. The predicted octanol–water partition coefficient (Wildman–Crippen LogP) is 7.06. The summed E-state index contributed by atoms with van der Waals surface area (Å²) in [5, 5.41) is 14.6. The summed E-state index contributed by atoms with van der Waals surface area (Å²) in [7, 11) is 3.82. The van der Waals surface area contributed by atoms with E-state index in [-0.39, 0.29) is 47.4 Å². The van der Waals surface area contributed by atoms with E-state index in [4.69, 9.17) is 9.84 Å². The van der Waals surface area contributed by atoms with Crippen LogP contribution in [0.3, 0.4) is 0 Å². The molecule has 3 saturated heterocycles. The Hall–Kier alpha value is -3.72. The maximum absolute atomic E-state index is 13.2. The van der Waals surface area contributed by atoms with Gasteiger partial charge in [-0.25, -0.2) is 9.78 Å². The van der Waals surface area contributed by atoms with E-state index in [0.717, 1.165) is 125 Å². The molecule has 0 spiro atoms. The molecule has 1 aliphatic carbocycles. The molecule has 1 aromatic carbocycles. The lowest BCUT2D eigenvalue weighted by Crippen LogP contribution is -2.43. The van der Waals surface area contributed by atoms with Crippen molar-refractivity contribution >= 4 is 42.3 Å². The van der Waals surface area contributed by atoms with E-state index < -0.39 is 5.60 Å². The Labute approximate surface area is 369 Å². The molecule has 14 heteroatoms. The Morgan fingerprint density at radius 3 is 1.85 bits per heavy atom. The molecule has 2 aromatic rings. The number of likely N-dealkylation sites (N-methyl/N-ethyl adjacent to an activating group) is 2. The summed E-state index contributed by atoms with van der Waals surface area (Å²) in [5.74, 6) is 1.31. The lowest BCUT2D eigenvalue weighted by Gasteiger charge is -2.37. The summed E-state index contributed by atoms with van der Waals surface area (Å²) >= 11 is 1.61. The summed E-state index contributed by atoms with van der Waals surface area (Å²) in [6, 6.07) is 7.66. The first-order valence-electron chi connectivity index (χ1n) is 22.1. The third kappa shape index (κ3) is 18.3. The molecule has 0 radical (unpaired) electrons. The number of nitrogens with one attached hydrogen (secondary N) is 2. The van der Waals surface area contributed by atoms with Gasteiger partial charge in [0.05, 0.1) is 40.7 Å². The number of thiazole rings is 1. The number of ether oxygens (including phenoxy) is 1. The van der Waals surface area contributed by atoms with Gasteiger partial charge in [0.15, 0.2) is 0 Å². The topological polar surface area (TPSA) is 161 Å². The van der Waals surface area contributed by atoms with Crippen LogP contribution < -0.4 is 10.6 Å². The number of aromatic nitrogens is 1. The Bertz CT molecular complexity index is 1640. The maximum atomic E-state index is 13.2. The standard InChI is InChI=1S/C30H42N4O4S.C7H15NO.C5H11NO.C5H8O/c1-21-28(39-20-32-21)25-7-5-24(6-8-25)26(31-19-35)18-27(36)33-13-9-22(10-14-33)17-23-11-15-34(16-12-23)29(37)38-30(2,3)4;1-7(2,3)6(5-9)8-4;1-6-3-2-5(7)4-6;1-5(4-6)2-3-5/h5-8,19-20,22-23,26H,9-18H2,1-4H3,(H,31,35);5-6,8H,1-4H3;5,7H,2-4H2,1H3;4H,2-3H2,1H3. The molecule has 3 N–H and O–H groups in total. The highest BCUT2D eigenvalue weighted by atomic mass is 32.1. The van der Waals surface area contributed by atoms with Gasteiger partial charge in [0, 0.05) is 44.7 Å². The van der Waals surface area contributed by atoms with Crippen LogP contribution in [0.25, 0.3) is 10.4 Å². The lowest BCUT2D eigenvalue weighted by atomic mass is 9.83. The number of nitrogens with zero attached hydrogens (tertiary/aromatic N) is 4. The second-order valence-corrected chi connectivity index (χ2v) is 20.5. The molecule has 4 aliphatic rings. The highest BCUT2D eigenvalue weighted by Crippen LogP contribution is 2.42. The van der Waals surface area contributed by atoms with Crippen molar-refractivity contribution in [1.29, 1.82) is 0 Å². The van der Waals surface area contributed by atoms with E-state index in [1.807, 2.05) is 102 Å². The molecule has 1 saturated carbocycles. The first-order chi connectivity index (χ1) is 28.7. The number of likely N-dealkylation sites (tertiary alicyclic amines) is 3. The van der Waals surface area contributed by atoms with Crippen molar-refractivity contribution in [2.24, 2.45) is 22.7 Å². The van der Waals surface area contributed by atoms with E-state index in [0.29, 0.717) is 18.2 Å². The molecule has 342 valence electrons. The molecule has 3 unspecified atom stereocenters. The highest BCUT2D eigenvalue weighted by molar-refractivity contribution is 7.13. The van der Waals surface area contributed by atoms with Crippen LogP contribution in [0.4, 0.5) is 4.79 Å². The number of aldehydes is 2. The van der Waals surface area contributed by atoms with E-state index >= 15 is 0 Å². The first-order valence-corrected chi connectivity index (χ1v) is 23.0. The van der Waals surface area contributed by atoms with Crippen molar-refractivity contribution in [3.63, 3.8) is 0 Å². The number of aliphatic hydroxyl groups excluding tert-OH is 1. The van der Waals surface area contributed by atoms with Crippen LogP contribution in [0.1, 0.15) is 124 Å². The fourth-order valence-electron chi connectivity index (χ4n) is 7.60. The van der Waals surface area contributed by atoms with Crippen molar-refractivity contribution < 1.29 is 33.8 Å². The zero-order valence-electron chi connectivity index (χ0n) is 38.7. The van der Waals surface area contributed by atoms with Crippen LogP contribution in [0.15, 0.2) is 29.8 Å². The second kappa shape index (κ2) is 24.2. The van der Waals surface area contributed by atoms with Gasteiger partial charge in [-0.1, -0.05) is 52.0 Å². The average Bonchev–Trinajstić information content (AvgIpc) is 3.60. The van der Waals surface area contributed by atoms with Gasteiger partial charge in [-0.3, -0.25) is 9.59 Å². The summed E-state index contributed by atoms with van der Waals surface area (Å²) in [6.07, 6.45) is 11.0. The Morgan fingerprint density at radius 1 is 0.934 bits per heavy atom. The monoisotopic (exact) mass is 869 g/mol. The molecule has 3 atom stereocenters. The number of benzene rings is 1. The normalized spacial score (nSPS) is 20.3. The number of β-amino-alcohol motifs (C(OH)–C–C–N with tert-alkyl or cyclic N) is 1. The summed E-state index contributed by atoms with van der Waals surface area (Å²) in [5.41, 5.74) is 4.54. The minimum atomic E-state index is -0.464. The molecule has 4 fully saturated rings. The molecule has 61 heavy (non-hydrogen) atoms. The van der Waals surface area contributed by atoms with Gasteiger partial charge < -0.3 is 44.8 Å². The van der Waals surface area contributed by atoms with Crippen LogP contribution in [-0.2, 0) is 23.9 Å². The average molecular weight is 869 g/mol. The lowest BCUT2D eigenvalue weighted by molar-refractivity contribution is -0.133. The van der Waals surface area contributed by atoms with E-state index in [9.17, 15) is 24.0 Å². The van der Waals surface area contributed by atoms with Crippen molar-refractivity contribution in [3.05, 3.63) is 41.0 Å². The van der Waals surface area contributed by atoms with Gasteiger partial charge in [-0.2, -0.15) is 0 Å². The largest absolute Gasteiger partial charge is 0.444 e. The quantitative estimate of drug-likeness (QED) is 0.200. The van der Waals surface area contributed by atoms with Crippen molar-refractivity contribution in [2.45, 2.75) is 137 Å². The number of aryl methyl sites for hydroxylation is 1. The number of rotatable bonds is 11. The molecule has 13 nitrogen and oxygen atoms in total. The molecular weight excluding hydrogens is 793 g/mol. The minimum absolute atomic E-state index is 0.0301. The number of carbonyl (C=O) groups excluding carboxylic acids is 5. The van der Waals surface area contributed by atoms with Crippen molar-refractivity contribution in [1.82, 2.24) is 30.3 Å². The zero-order valence-corrected chi connectivity index (χ0v) is 39.5. The highest BCUT2D eigenvalue weighted by Gasteiger charge is 2.36. The van der Waals surface area contributed by atoms with Crippen molar-refractivity contribution in [3.8, 4) is 10.4 Å². The number of carbonyl (C=O) groups is 5. The molecule has 4 heterocycles. The van der Waals surface area contributed by atoms with Gasteiger partial charge in [0.1, 0.15) is 18.2 Å². The van der Waals surface area contributed by atoms with Gasteiger partial charge in [0.25, 0.3) is 0 Å². The molecule has 0 bridgehead atoms. The molecular formula is C47H76N6O7S. The number of hydrogen-bond donors (Lipinski definition) is 3. The van der Waals surface area contributed by atoms with Gasteiger partial charge in [-0.05, 0) is 122 Å². The number of amides is 3. The van der Waals surface area contributed by atoms with Crippen LogP contribution in [0, 0.1) is 29.6 Å². The van der Waals surface area contributed by atoms with Gasteiger partial charge >= 0.3 is 6.09 Å². The van der Waals surface area contributed by atoms with Crippen LogP contribution in [0.5, 0.6) is 0 Å². The third-order valence-electron chi connectivity index (χ3n) is 11.9. The SMILES string of the molecule is CC1(C=O)CC1.CN1CCC(O)C1.CNC(C=O)C(C)(C)C.Cc1ncsc1-c1ccc(C(CC(=O)N2CCC(CC3CCN(C(=O)OC(C)(C)C)CC3)CC2)NC=O)cc1. The van der Waals surface area contributed by atoms with Crippen molar-refractivity contribution in [2.75, 3.05) is 53.4 Å². The number of piperidine rings is 2. The Morgan fingerprint density at radius 2 is 1.51 bits per heavy atom. The Kier molecular flexibility index (Phi) is 20.5. The summed E-state index contributed by atoms with van der Waals surface area (Å²) < 4.78 is 5.52. The Balaban J connectivity index is 0.000000363. The smallest absolute Gasteiger partial charge is 0.410 e. The van der Waals surface area contributed by atoms with E-state index in [1.165, 1.54) is 0 Å². The third-order valence-corrected chi connectivity index (χ3v) is 12.9. The van der Waals surface area contributed by atoms with Gasteiger partial charge in [-0.15, -0.1) is 11.3 Å². The van der Waals surface area contributed by atoms with Crippen LogP contribution in [-0.4, -0.2) is 127 Å². The summed E-state index contributed by atoms with van der Waals surface area (Å²) in [4.78, 5) is 68.4. The molecule has 6 rings (SSSR count).